The SMILES string of the molecule is Br.C=CC[Si-](CC=C)CC=C.[CH2-]CC.[Mg+2]. The van der Waals surface area contributed by atoms with E-state index in [0.29, 0.717) is 0 Å². The number of hydrogen-bond donors (Lipinski definition) is 0. The van der Waals surface area contributed by atoms with E-state index in [4.69, 9.17) is 0 Å². The summed E-state index contributed by atoms with van der Waals surface area (Å²) in [6.07, 6.45) is 7.00. The Bertz CT molecular complexity index is 114. The van der Waals surface area contributed by atoms with Crippen LogP contribution in [0.3, 0.4) is 0 Å². The Labute approximate surface area is 124 Å². The summed E-state index contributed by atoms with van der Waals surface area (Å²) in [5.41, 5.74) is 0. The summed E-state index contributed by atoms with van der Waals surface area (Å²) in [6.45, 7) is 16.7. The van der Waals surface area contributed by atoms with Gasteiger partial charge in [0, 0.05) is 0 Å². The van der Waals surface area contributed by atoms with Crippen LogP contribution in [0.5, 0.6) is 0 Å². The molecule has 0 bridgehead atoms. The molecule has 0 aromatic carbocycles. The second-order valence-corrected chi connectivity index (χ2v) is 5.45. The van der Waals surface area contributed by atoms with Crippen LogP contribution in [0.25, 0.3) is 0 Å². The Morgan fingerprint density at radius 3 is 1.33 bits per heavy atom. The van der Waals surface area contributed by atoms with Gasteiger partial charge in [0.2, 0.25) is 0 Å². The molecule has 0 aliphatic carbocycles. The molecule has 0 fully saturated rings. The predicted molar refractivity (Wildman–Crippen MR) is 82.5 cm³/mol. The molecule has 0 spiro atoms. The zero-order chi connectivity index (χ0) is 10.5. The van der Waals surface area contributed by atoms with Gasteiger partial charge in [0.05, 0.1) is 0 Å². The zero-order valence-corrected chi connectivity index (χ0v) is 14.1. The van der Waals surface area contributed by atoms with Crippen molar-refractivity contribution in [1.82, 2.24) is 0 Å². The first kappa shape index (κ1) is 24.8. The summed E-state index contributed by atoms with van der Waals surface area (Å²) >= 11 is 0. The van der Waals surface area contributed by atoms with Crippen LogP contribution in [0.15, 0.2) is 38.0 Å². The fourth-order valence-corrected chi connectivity index (χ4v) is 2.59. The van der Waals surface area contributed by atoms with Gasteiger partial charge >= 0.3 is 23.1 Å². The Morgan fingerprint density at radius 1 is 1.00 bits per heavy atom. The monoisotopic (exact) mass is 298 g/mol. The van der Waals surface area contributed by atoms with Gasteiger partial charge in [-0.3, -0.25) is 0 Å². The minimum atomic E-state index is -0.252. The summed E-state index contributed by atoms with van der Waals surface area (Å²) < 4.78 is 0. The third-order valence-corrected chi connectivity index (χ3v) is 3.90. The van der Waals surface area contributed by atoms with E-state index < -0.39 is 0 Å². The second kappa shape index (κ2) is 24.1. The first-order valence-electron chi connectivity index (χ1n) is 4.72. The van der Waals surface area contributed by atoms with Gasteiger partial charge in [0.15, 0.2) is 0 Å². The molecular formula is C12H23BrMgSi. The maximum Gasteiger partial charge on any atom is 2.00 e. The molecule has 0 unspecified atom stereocenters. The van der Waals surface area contributed by atoms with Crippen molar-refractivity contribution in [3.05, 3.63) is 44.9 Å². The first-order chi connectivity index (χ1) is 6.26. The van der Waals surface area contributed by atoms with E-state index in [0.717, 1.165) is 6.42 Å². The van der Waals surface area contributed by atoms with Crippen molar-refractivity contribution < 1.29 is 0 Å². The van der Waals surface area contributed by atoms with Gasteiger partial charge in [-0.15, -0.1) is 54.9 Å². The van der Waals surface area contributed by atoms with Gasteiger partial charge < -0.3 is 6.92 Å². The minimum absolute atomic E-state index is 0. The molecule has 0 heterocycles. The molecule has 0 N–H and O–H groups in total. The molecule has 0 amide bonds. The summed E-state index contributed by atoms with van der Waals surface area (Å²) in [5.74, 6) is 0. The molecule has 0 rings (SSSR count). The molecule has 0 saturated heterocycles. The van der Waals surface area contributed by atoms with Crippen LogP contribution in [-0.2, 0) is 0 Å². The summed E-state index contributed by atoms with van der Waals surface area (Å²) in [6, 6.07) is 3.51. The van der Waals surface area contributed by atoms with Gasteiger partial charge in [-0.2, -0.15) is 24.6 Å². The number of halogens is 1. The molecule has 15 heavy (non-hydrogen) atoms. The standard InChI is InChI=1S/C9H15Si.C3H7.BrH.Mg/c1-4-7-10(8-5-2)9-6-3;1-3-2;;/h4-6H,1-3,7-9H2;1,3H2,2H3;1H;/q2*-1;;+2. The molecular weight excluding hydrogens is 276 g/mol. The topological polar surface area (TPSA) is 0 Å². The van der Waals surface area contributed by atoms with Gasteiger partial charge in [-0.25, -0.2) is 8.80 Å². The molecule has 0 nitrogen and oxygen atoms in total. The largest absolute Gasteiger partial charge is 2.00 e. The van der Waals surface area contributed by atoms with Crippen molar-refractivity contribution in [2.24, 2.45) is 0 Å². The summed E-state index contributed by atoms with van der Waals surface area (Å²) in [7, 11) is -0.252. The van der Waals surface area contributed by atoms with E-state index in [-0.39, 0.29) is 48.8 Å². The Kier molecular flexibility index (Phi) is 39.8. The summed E-state index contributed by atoms with van der Waals surface area (Å²) in [5, 5.41) is 0. The first-order valence-corrected chi connectivity index (χ1v) is 6.84. The average Bonchev–Trinajstić information content (AvgIpc) is 2.07. The quantitative estimate of drug-likeness (QED) is 0.386. The fourth-order valence-electron chi connectivity index (χ4n) is 0.862. The second-order valence-electron chi connectivity index (χ2n) is 2.73. The van der Waals surface area contributed by atoms with E-state index in [1.807, 2.05) is 25.2 Å². The number of hydrogen-bond acceptors (Lipinski definition) is 0. The third kappa shape index (κ3) is 25.2. The fraction of sp³-hybridized carbons (Fsp3) is 0.417. The van der Waals surface area contributed by atoms with Crippen molar-refractivity contribution in [3.63, 3.8) is 0 Å². The Morgan fingerprint density at radius 2 is 1.20 bits per heavy atom. The minimum Gasteiger partial charge on any atom is -0.344 e. The van der Waals surface area contributed by atoms with E-state index in [9.17, 15) is 0 Å². The Balaban J connectivity index is -0.000000108. The van der Waals surface area contributed by atoms with Crippen LogP contribution in [0, 0.1) is 6.92 Å². The number of rotatable bonds is 6. The molecule has 0 aliphatic rings. The van der Waals surface area contributed by atoms with Crippen LogP contribution in [0.2, 0.25) is 18.1 Å². The van der Waals surface area contributed by atoms with Gasteiger partial charge in [-0.05, 0) is 0 Å². The molecule has 84 valence electrons. The Hall–Kier alpha value is 0.683. The van der Waals surface area contributed by atoms with Crippen LogP contribution in [-0.4, -0.2) is 31.8 Å². The normalized spacial score (nSPS) is 7.40. The molecule has 0 saturated carbocycles. The van der Waals surface area contributed by atoms with E-state index in [1.165, 1.54) is 18.1 Å². The molecule has 0 aromatic heterocycles. The van der Waals surface area contributed by atoms with Gasteiger partial charge in [0.25, 0.3) is 0 Å². The van der Waals surface area contributed by atoms with Crippen molar-refractivity contribution in [2.45, 2.75) is 31.5 Å². The molecule has 0 atom stereocenters. The van der Waals surface area contributed by atoms with Crippen molar-refractivity contribution in [2.75, 3.05) is 0 Å². The zero-order valence-electron chi connectivity index (χ0n) is 10.0. The van der Waals surface area contributed by atoms with Gasteiger partial charge in [-0.1, -0.05) is 6.92 Å². The van der Waals surface area contributed by atoms with Crippen LogP contribution >= 0.6 is 17.0 Å². The summed E-state index contributed by atoms with van der Waals surface area (Å²) in [4.78, 5) is 0. The van der Waals surface area contributed by atoms with Crippen molar-refractivity contribution in [3.8, 4) is 0 Å². The van der Waals surface area contributed by atoms with Crippen LogP contribution in [0.1, 0.15) is 13.3 Å². The smallest absolute Gasteiger partial charge is 0.344 e. The number of allylic oxidation sites excluding steroid dienone is 3. The molecule has 0 aliphatic heterocycles. The maximum atomic E-state index is 3.72. The molecule has 0 aromatic rings. The van der Waals surface area contributed by atoms with E-state index >= 15 is 0 Å². The van der Waals surface area contributed by atoms with Crippen LogP contribution in [0.4, 0.5) is 0 Å². The van der Waals surface area contributed by atoms with Crippen LogP contribution < -0.4 is 0 Å². The van der Waals surface area contributed by atoms with E-state index in [1.54, 1.807) is 0 Å². The average molecular weight is 300 g/mol. The molecule has 0 radical (unpaired) electrons. The van der Waals surface area contributed by atoms with Crippen molar-refractivity contribution >= 4 is 48.8 Å². The van der Waals surface area contributed by atoms with Gasteiger partial charge in [0.1, 0.15) is 0 Å². The van der Waals surface area contributed by atoms with E-state index in [2.05, 4.69) is 26.7 Å². The molecule has 3 heteroatoms. The predicted octanol–water partition coefficient (Wildman–Crippen LogP) is 4.47. The third-order valence-electron chi connectivity index (χ3n) is 1.30. The van der Waals surface area contributed by atoms with Crippen molar-refractivity contribution in [1.29, 1.82) is 0 Å². The maximum absolute atomic E-state index is 3.72.